The molecule has 0 spiro atoms. The predicted octanol–water partition coefficient (Wildman–Crippen LogP) is 4.60. The van der Waals surface area contributed by atoms with Gasteiger partial charge < -0.3 is 5.32 Å². The predicted molar refractivity (Wildman–Crippen MR) is 67.8 cm³/mol. The summed E-state index contributed by atoms with van der Waals surface area (Å²) in [4.78, 5) is 2.26. The van der Waals surface area contributed by atoms with E-state index in [9.17, 15) is 8.78 Å². The lowest BCUT2D eigenvalue weighted by atomic mass is 10.3. The Kier molecular flexibility index (Phi) is 3.64. The van der Waals surface area contributed by atoms with Crippen molar-refractivity contribution in [1.29, 1.82) is 0 Å². The van der Waals surface area contributed by atoms with E-state index in [-0.39, 0.29) is 10.7 Å². The summed E-state index contributed by atoms with van der Waals surface area (Å²) in [6.07, 6.45) is 0. The number of anilines is 1. The van der Waals surface area contributed by atoms with Crippen molar-refractivity contribution in [3.05, 3.63) is 50.7 Å². The van der Waals surface area contributed by atoms with E-state index in [1.54, 1.807) is 11.3 Å². The van der Waals surface area contributed by atoms with Crippen LogP contribution in [-0.2, 0) is 6.54 Å². The van der Waals surface area contributed by atoms with Gasteiger partial charge in [-0.3, -0.25) is 0 Å². The molecule has 0 atom stereocenters. The lowest BCUT2D eigenvalue weighted by Gasteiger charge is -2.08. The first kappa shape index (κ1) is 12.3. The Morgan fingerprint density at radius 1 is 1.29 bits per heavy atom. The van der Waals surface area contributed by atoms with Gasteiger partial charge in [0, 0.05) is 22.4 Å². The first-order valence-electron chi connectivity index (χ1n) is 5.00. The summed E-state index contributed by atoms with van der Waals surface area (Å²) < 4.78 is 26.3. The summed E-state index contributed by atoms with van der Waals surface area (Å²) in [6, 6.07) is 5.85. The molecule has 0 amide bonds. The Hall–Kier alpha value is -1.13. The van der Waals surface area contributed by atoms with Crippen molar-refractivity contribution < 1.29 is 8.78 Å². The van der Waals surface area contributed by atoms with Crippen LogP contribution < -0.4 is 5.32 Å². The van der Waals surface area contributed by atoms with Crippen molar-refractivity contribution >= 4 is 28.6 Å². The first-order chi connectivity index (χ1) is 8.06. The average molecular weight is 274 g/mol. The summed E-state index contributed by atoms with van der Waals surface area (Å²) in [7, 11) is 0. The third-order valence-corrected chi connectivity index (χ3v) is 3.54. The van der Waals surface area contributed by atoms with Crippen LogP contribution in [0.15, 0.2) is 24.3 Å². The molecule has 0 aliphatic rings. The Balaban J connectivity index is 2.14. The number of hydrogen-bond donors (Lipinski definition) is 1. The summed E-state index contributed by atoms with van der Waals surface area (Å²) in [5.74, 6) is -1.35. The van der Waals surface area contributed by atoms with Gasteiger partial charge >= 0.3 is 0 Å². The highest BCUT2D eigenvalue weighted by Crippen LogP contribution is 2.27. The topological polar surface area (TPSA) is 12.0 Å². The second kappa shape index (κ2) is 5.02. The van der Waals surface area contributed by atoms with Gasteiger partial charge in [0.2, 0.25) is 0 Å². The highest BCUT2D eigenvalue weighted by Gasteiger charge is 2.09. The van der Waals surface area contributed by atoms with Crippen LogP contribution in [0, 0.1) is 18.6 Å². The van der Waals surface area contributed by atoms with Crippen LogP contribution >= 0.6 is 22.9 Å². The van der Waals surface area contributed by atoms with Gasteiger partial charge in [-0.05, 0) is 25.1 Å². The lowest BCUT2D eigenvalue weighted by Crippen LogP contribution is -2.01. The SMILES string of the molecule is Cc1ccc(CNc2c(F)cc(F)cc2Cl)s1. The van der Waals surface area contributed by atoms with Gasteiger partial charge in [-0.25, -0.2) is 8.78 Å². The molecule has 1 aromatic heterocycles. The normalized spacial score (nSPS) is 10.6. The molecule has 17 heavy (non-hydrogen) atoms. The van der Waals surface area contributed by atoms with Crippen molar-refractivity contribution in [2.24, 2.45) is 0 Å². The van der Waals surface area contributed by atoms with Gasteiger partial charge in [-0.1, -0.05) is 11.6 Å². The Morgan fingerprint density at radius 3 is 2.65 bits per heavy atom. The molecule has 0 fully saturated rings. The molecule has 1 N–H and O–H groups in total. The number of benzene rings is 1. The van der Waals surface area contributed by atoms with Crippen LogP contribution in [0.5, 0.6) is 0 Å². The van der Waals surface area contributed by atoms with E-state index in [0.29, 0.717) is 6.54 Å². The van der Waals surface area contributed by atoms with Crippen LogP contribution in [0.25, 0.3) is 0 Å². The van der Waals surface area contributed by atoms with Crippen LogP contribution in [-0.4, -0.2) is 0 Å². The average Bonchev–Trinajstić information content (AvgIpc) is 2.62. The molecular weight excluding hydrogens is 264 g/mol. The lowest BCUT2D eigenvalue weighted by molar-refractivity contribution is 0.585. The van der Waals surface area contributed by atoms with Crippen LogP contribution in [0.3, 0.4) is 0 Å². The van der Waals surface area contributed by atoms with E-state index in [2.05, 4.69) is 5.32 Å². The summed E-state index contributed by atoms with van der Waals surface area (Å²) >= 11 is 7.39. The zero-order valence-corrected chi connectivity index (χ0v) is 10.6. The molecule has 5 heteroatoms. The molecule has 0 saturated heterocycles. The summed E-state index contributed by atoms with van der Waals surface area (Å²) in [5, 5.41) is 2.93. The highest BCUT2D eigenvalue weighted by atomic mass is 35.5. The minimum Gasteiger partial charge on any atom is -0.377 e. The number of thiophene rings is 1. The molecule has 0 saturated carbocycles. The Labute approximate surface area is 107 Å². The number of rotatable bonds is 3. The number of aryl methyl sites for hydroxylation is 1. The van der Waals surface area contributed by atoms with Gasteiger partial charge in [0.15, 0.2) is 5.82 Å². The van der Waals surface area contributed by atoms with Crippen LogP contribution in [0.4, 0.5) is 14.5 Å². The standard InChI is InChI=1S/C12H10ClF2NS/c1-7-2-3-9(17-7)6-16-12-10(13)4-8(14)5-11(12)15/h2-5,16H,6H2,1H3. The highest BCUT2D eigenvalue weighted by molar-refractivity contribution is 7.11. The van der Waals surface area contributed by atoms with Crippen LogP contribution in [0.1, 0.15) is 9.75 Å². The van der Waals surface area contributed by atoms with E-state index in [1.807, 2.05) is 19.1 Å². The van der Waals surface area contributed by atoms with E-state index in [1.165, 1.54) is 4.88 Å². The fourth-order valence-corrected chi connectivity index (χ4v) is 2.56. The van der Waals surface area contributed by atoms with Crippen LogP contribution in [0.2, 0.25) is 5.02 Å². The molecule has 2 rings (SSSR count). The fourth-order valence-electron chi connectivity index (χ4n) is 1.47. The van der Waals surface area contributed by atoms with Gasteiger partial charge in [0.1, 0.15) is 5.82 Å². The maximum Gasteiger partial charge on any atom is 0.150 e. The van der Waals surface area contributed by atoms with E-state index in [0.717, 1.165) is 17.0 Å². The fraction of sp³-hybridized carbons (Fsp3) is 0.167. The Bertz CT molecular complexity index is 516. The first-order valence-corrected chi connectivity index (χ1v) is 6.19. The number of hydrogen-bond acceptors (Lipinski definition) is 2. The second-order valence-electron chi connectivity index (χ2n) is 3.61. The Morgan fingerprint density at radius 2 is 2.06 bits per heavy atom. The summed E-state index contributed by atoms with van der Waals surface area (Å²) in [6.45, 7) is 2.47. The van der Waals surface area contributed by atoms with Gasteiger partial charge in [0.05, 0.1) is 10.7 Å². The molecular formula is C12H10ClF2NS. The third kappa shape index (κ3) is 2.96. The van der Waals surface area contributed by atoms with E-state index < -0.39 is 11.6 Å². The molecule has 90 valence electrons. The molecule has 1 nitrogen and oxygen atoms in total. The van der Waals surface area contributed by atoms with Gasteiger partial charge in [-0.15, -0.1) is 11.3 Å². The smallest absolute Gasteiger partial charge is 0.150 e. The quantitative estimate of drug-likeness (QED) is 0.862. The van der Waals surface area contributed by atoms with E-state index in [4.69, 9.17) is 11.6 Å². The van der Waals surface area contributed by atoms with Crippen molar-refractivity contribution in [3.8, 4) is 0 Å². The molecule has 0 radical (unpaired) electrons. The minimum atomic E-state index is -0.678. The maximum absolute atomic E-state index is 13.4. The number of nitrogens with one attached hydrogen (secondary N) is 1. The molecule has 0 aliphatic heterocycles. The second-order valence-corrected chi connectivity index (χ2v) is 5.39. The number of halogens is 3. The maximum atomic E-state index is 13.4. The van der Waals surface area contributed by atoms with Gasteiger partial charge in [0.25, 0.3) is 0 Å². The molecule has 0 unspecified atom stereocenters. The summed E-state index contributed by atoms with van der Waals surface area (Å²) in [5.41, 5.74) is 0.138. The van der Waals surface area contributed by atoms with Gasteiger partial charge in [-0.2, -0.15) is 0 Å². The third-order valence-electron chi connectivity index (χ3n) is 2.24. The van der Waals surface area contributed by atoms with Crippen molar-refractivity contribution in [3.63, 3.8) is 0 Å². The molecule has 2 aromatic rings. The van der Waals surface area contributed by atoms with E-state index >= 15 is 0 Å². The van der Waals surface area contributed by atoms with Crippen molar-refractivity contribution in [2.45, 2.75) is 13.5 Å². The molecule has 1 aromatic carbocycles. The van der Waals surface area contributed by atoms with Crippen molar-refractivity contribution in [2.75, 3.05) is 5.32 Å². The zero-order chi connectivity index (χ0) is 12.4. The monoisotopic (exact) mass is 273 g/mol. The molecule has 1 heterocycles. The zero-order valence-electron chi connectivity index (χ0n) is 9.06. The largest absolute Gasteiger partial charge is 0.377 e. The minimum absolute atomic E-state index is 0.0516. The van der Waals surface area contributed by atoms with Crippen molar-refractivity contribution in [1.82, 2.24) is 0 Å². The molecule has 0 bridgehead atoms. The molecule has 0 aliphatic carbocycles.